The Bertz CT molecular complexity index is 509. The van der Waals surface area contributed by atoms with Gasteiger partial charge in [0.15, 0.2) is 0 Å². The van der Waals surface area contributed by atoms with E-state index < -0.39 is 0 Å². The van der Waals surface area contributed by atoms with Crippen LogP contribution in [0.15, 0.2) is 60.2 Å². The quantitative estimate of drug-likeness (QED) is 0.835. The molecule has 0 unspecified atom stereocenters. The number of aryl methyl sites for hydroxylation is 1. The predicted molar refractivity (Wildman–Crippen MR) is 76.5 cm³/mol. The maximum Gasteiger partial charge on any atom is 0.115 e. The molecule has 0 aliphatic heterocycles. The molecule has 0 heterocycles. The fraction of sp³-hybridized carbons (Fsp3) is 0.176. The van der Waals surface area contributed by atoms with Gasteiger partial charge in [-0.15, -0.1) is 0 Å². The van der Waals surface area contributed by atoms with Crippen molar-refractivity contribution in [3.05, 3.63) is 71.3 Å². The molecular weight excluding hydrogens is 220 g/mol. The zero-order valence-corrected chi connectivity index (χ0v) is 10.6. The number of hydrogen-bond donors (Lipinski definition) is 1. The van der Waals surface area contributed by atoms with Crippen molar-refractivity contribution in [3.8, 4) is 5.75 Å². The standard InChI is InChI=1S/C17H18O/c1-14(13-16-5-3-2-4-6-16)7-8-15-9-11-17(18)12-10-15/h2-6,9-13,18H,7-8H2,1H3/b14-13+. The molecule has 0 saturated carbocycles. The highest BCUT2D eigenvalue weighted by Crippen LogP contribution is 2.15. The lowest BCUT2D eigenvalue weighted by molar-refractivity contribution is 0.475. The van der Waals surface area contributed by atoms with Gasteiger partial charge in [0.1, 0.15) is 5.75 Å². The first-order valence-electron chi connectivity index (χ1n) is 6.24. The molecule has 0 aliphatic carbocycles. The number of allylic oxidation sites excluding steroid dienone is 1. The smallest absolute Gasteiger partial charge is 0.115 e. The molecule has 18 heavy (non-hydrogen) atoms. The molecule has 1 nitrogen and oxygen atoms in total. The Labute approximate surface area is 108 Å². The minimum absolute atomic E-state index is 0.329. The second kappa shape index (κ2) is 6.06. The van der Waals surface area contributed by atoms with Crippen molar-refractivity contribution in [2.24, 2.45) is 0 Å². The fourth-order valence-corrected chi connectivity index (χ4v) is 1.91. The largest absolute Gasteiger partial charge is 0.508 e. The zero-order chi connectivity index (χ0) is 12.8. The molecule has 0 fully saturated rings. The van der Waals surface area contributed by atoms with E-state index in [-0.39, 0.29) is 0 Å². The maximum atomic E-state index is 9.22. The number of phenolic OH excluding ortho intramolecular Hbond substituents is 1. The highest BCUT2D eigenvalue weighted by molar-refractivity contribution is 5.52. The Balaban J connectivity index is 1.94. The van der Waals surface area contributed by atoms with Gasteiger partial charge in [0.25, 0.3) is 0 Å². The van der Waals surface area contributed by atoms with Gasteiger partial charge >= 0.3 is 0 Å². The highest BCUT2D eigenvalue weighted by Gasteiger charge is 1.96. The third-order valence-corrected chi connectivity index (χ3v) is 2.96. The van der Waals surface area contributed by atoms with Crippen LogP contribution in [0.2, 0.25) is 0 Å². The van der Waals surface area contributed by atoms with Gasteiger partial charge in [0.2, 0.25) is 0 Å². The predicted octanol–water partition coefficient (Wildman–Crippen LogP) is 4.43. The summed E-state index contributed by atoms with van der Waals surface area (Å²) in [6.07, 6.45) is 4.27. The van der Waals surface area contributed by atoms with Crippen molar-refractivity contribution in [3.63, 3.8) is 0 Å². The van der Waals surface area contributed by atoms with Gasteiger partial charge < -0.3 is 5.11 Å². The van der Waals surface area contributed by atoms with Crippen LogP contribution in [0.25, 0.3) is 6.08 Å². The minimum Gasteiger partial charge on any atom is -0.508 e. The van der Waals surface area contributed by atoms with E-state index >= 15 is 0 Å². The van der Waals surface area contributed by atoms with E-state index in [0.29, 0.717) is 5.75 Å². The van der Waals surface area contributed by atoms with Gasteiger partial charge in [-0.25, -0.2) is 0 Å². The summed E-state index contributed by atoms with van der Waals surface area (Å²) in [5.74, 6) is 0.329. The molecule has 0 bridgehead atoms. The number of rotatable bonds is 4. The van der Waals surface area contributed by atoms with Crippen LogP contribution >= 0.6 is 0 Å². The fourth-order valence-electron chi connectivity index (χ4n) is 1.91. The van der Waals surface area contributed by atoms with E-state index in [4.69, 9.17) is 0 Å². The van der Waals surface area contributed by atoms with Crippen molar-refractivity contribution in [2.75, 3.05) is 0 Å². The first kappa shape index (κ1) is 12.4. The minimum atomic E-state index is 0.329. The Morgan fingerprint density at radius 1 is 1.00 bits per heavy atom. The van der Waals surface area contributed by atoms with Gasteiger partial charge in [0.05, 0.1) is 0 Å². The molecule has 1 N–H and O–H groups in total. The summed E-state index contributed by atoms with van der Waals surface area (Å²) in [4.78, 5) is 0. The van der Waals surface area contributed by atoms with Crippen LogP contribution in [0.5, 0.6) is 5.75 Å². The third kappa shape index (κ3) is 3.77. The summed E-state index contributed by atoms with van der Waals surface area (Å²) in [6.45, 7) is 2.16. The monoisotopic (exact) mass is 238 g/mol. The molecule has 2 aromatic carbocycles. The lowest BCUT2D eigenvalue weighted by Gasteiger charge is -2.03. The first-order chi connectivity index (χ1) is 8.74. The average Bonchev–Trinajstić information content (AvgIpc) is 2.39. The van der Waals surface area contributed by atoms with E-state index in [1.807, 2.05) is 18.2 Å². The number of hydrogen-bond acceptors (Lipinski definition) is 1. The van der Waals surface area contributed by atoms with Crippen LogP contribution in [0.4, 0.5) is 0 Å². The SMILES string of the molecule is C/C(=C\c1ccccc1)CCc1ccc(O)cc1. The second-order valence-electron chi connectivity index (χ2n) is 4.57. The Kier molecular flexibility index (Phi) is 4.19. The number of benzene rings is 2. The van der Waals surface area contributed by atoms with E-state index in [9.17, 15) is 5.11 Å². The summed E-state index contributed by atoms with van der Waals surface area (Å²) in [5, 5.41) is 9.22. The summed E-state index contributed by atoms with van der Waals surface area (Å²) in [5.41, 5.74) is 3.88. The first-order valence-corrected chi connectivity index (χ1v) is 6.24. The van der Waals surface area contributed by atoms with Crippen LogP contribution in [-0.2, 0) is 6.42 Å². The Morgan fingerprint density at radius 3 is 2.33 bits per heavy atom. The van der Waals surface area contributed by atoms with Gasteiger partial charge in [-0.05, 0) is 43.0 Å². The molecule has 2 aromatic rings. The second-order valence-corrected chi connectivity index (χ2v) is 4.57. The zero-order valence-electron chi connectivity index (χ0n) is 10.6. The van der Waals surface area contributed by atoms with Gasteiger partial charge in [-0.1, -0.05) is 54.1 Å². The van der Waals surface area contributed by atoms with Gasteiger partial charge in [-0.3, -0.25) is 0 Å². The van der Waals surface area contributed by atoms with Gasteiger partial charge in [0, 0.05) is 0 Å². The van der Waals surface area contributed by atoms with E-state index in [1.165, 1.54) is 16.7 Å². The molecule has 92 valence electrons. The van der Waals surface area contributed by atoms with Gasteiger partial charge in [-0.2, -0.15) is 0 Å². The Hall–Kier alpha value is -2.02. The molecule has 0 aromatic heterocycles. The van der Waals surface area contributed by atoms with Crippen LogP contribution in [-0.4, -0.2) is 5.11 Å². The molecule has 0 spiro atoms. The number of aromatic hydroxyl groups is 1. The lowest BCUT2D eigenvalue weighted by Crippen LogP contribution is -1.86. The van der Waals surface area contributed by atoms with Crippen molar-refractivity contribution < 1.29 is 5.11 Å². The maximum absolute atomic E-state index is 9.22. The lowest BCUT2D eigenvalue weighted by atomic mass is 10.0. The van der Waals surface area contributed by atoms with Crippen molar-refractivity contribution in [2.45, 2.75) is 19.8 Å². The van der Waals surface area contributed by atoms with Crippen LogP contribution in [0.3, 0.4) is 0 Å². The molecule has 0 aliphatic rings. The Morgan fingerprint density at radius 2 is 1.67 bits per heavy atom. The molecule has 0 atom stereocenters. The van der Waals surface area contributed by atoms with Crippen molar-refractivity contribution in [1.29, 1.82) is 0 Å². The normalized spacial score (nSPS) is 11.5. The summed E-state index contributed by atoms with van der Waals surface area (Å²) in [7, 11) is 0. The van der Waals surface area contributed by atoms with Crippen molar-refractivity contribution >= 4 is 6.08 Å². The third-order valence-electron chi connectivity index (χ3n) is 2.96. The molecule has 0 radical (unpaired) electrons. The summed E-state index contributed by atoms with van der Waals surface area (Å²) in [6, 6.07) is 17.8. The molecular formula is C17H18O. The number of phenols is 1. The van der Waals surface area contributed by atoms with Crippen LogP contribution in [0, 0.1) is 0 Å². The summed E-state index contributed by atoms with van der Waals surface area (Å²) < 4.78 is 0. The molecule has 1 heteroatoms. The van der Waals surface area contributed by atoms with E-state index in [1.54, 1.807) is 12.1 Å². The summed E-state index contributed by atoms with van der Waals surface area (Å²) >= 11 is 0. The molecule has 0 amide bonds. The van der Waals surface area contributed by atoms with Crippen LogP contribution in [0.1, 0.15) is 24.5 Å². The van der Waals surface area contributed by atoms with Crippen molar-refractivity contribution in [1.82, 2.24) is 0 Å². The topological polar surface area (TPSA) is 20.2 Å². The van der Waals surface area contributed by atoms with E-state index in [2.05, 4.69) is 37.3 Å². The van der Waals surface area contributed by atoms with E-state index in [0.717, 1.165) is 12.8 Å². The highest BCUT2D eigenvalue weighted by atomic mass is 16.3. The molecule has 2 rings (SSSR count). The molecule has 0 saturated heterocycles. The average molecular weight is 238 g/mol. The van der Waals surface area contributed by atoms with Crippen LogP contribution < -0.4 is 0 Å².